The van der Waals surface area contributed by atoms with Crippen molar-refractivity contribution in [1.29, 1.82) is 0 Å². The molecule has 0 saturated carbocycles. The second kappa shape index (κ2) is 8.67. The highest BCUT2D eigenvalue weighted by Gasteiger charge is 2.15. The maximum atomic E-state index is 12.5. The number of hydrogen-bond acceptors (Lipinski definition) is 2. The zero-order valence-corrected chi connectivity index (χ0v) is 14.0. The van der Waals surface area contributed by atoms with Gasteiger partial charge in [-0.25, -0.2) is 0 Å². The summed E-state index contributed by atoms with van der Waals surface area (Å²) in [6, 6.07) is 18.3. The van der Waals surface area contributed by atoms with Crippen LogP contribution in [0.3, 0.4) is 0 Å². The van der Waals surface area contributed by atoms with Gasteiger partial charge in [-0.3, -0.25) is 9.59 Å². The van der Waals surface area contributed by atoms with Crippen molar-refractivity contribution >= 4 is 17.9 Å². The molecule has 2 rings (SSSR count). The average molecular weight is 322 g/mol. The molecule has 24 heavy (non-hydrogen) atoms. The van der Waals surface area contributed by atoms with Crippen LogP contribution in [0.1, 0.15) is 36.2 Å². The molecule has 0 spiro atoms. The van der Waals surface area contributed by atoms with Crippen LogP contribution in [0.25, 0.3) is 6.08 Å². The molecule has 4 heteroatoms. The largest absolute Gasteiger partial charge is 0.348 e. The lowest BCUT2D eigenvalue weighted by molar-refractivity contribution is -0.118. The molecule has 2 aromatic rings. The molecule has 0 heterocycles. The predicted octanol–water partition coefficient (Wildman–Crippen LogP) is 3.37. The van der Waals surface area contributed by atoms with Crippen molar-refractivity contribution in [3.05, 3.63) is 77.5 Å². The third kappa shape index (κ3) is 5.09. The van der Waals surface area contributed by atoms with Crippen LogP contribution < -0.4 is 10.6 Å². The van der Waals surface area contributed by atoms with E-state index in [4.69, 9.17) is 0 Å². The lowest BCUT2D eigenvalue weighted by Gasteiger charge is -2.15. The first-order chi connectivity index (χ1) is 11.6. The Hall–Kier alpha value is -2.88. The van der Waals surface area contributed by atoms with E-state index in [1.807, 2.05) is 50.2 Å². The van der Waals surface area contributed by atoms with Gasteiger partial charge in [-0.1, -0.05) is 55.5 Å². The summed E-state index contributed by atoms with van der Waals surface area (Å²) in [5, 5.41) is 5.61. The summed E-state index contributed by atoms with van der Waals surface area (Å²) in [6.07, 6.45) is 2.50. The van der Waals surface area contributed by atoms with Gasteiger partial charge in [-0.05, 0) is 37.1 Å². The lowest BCUT2D eigenvalue weighted by Crippen LogP contribution is -2.38. The summed E-state index contributed by atoms with van der Waals surface area (Å²) < 4.78 is 0. The molecule has 2 N–H and O–H groups in total. The number of rotatable bonds is 6. The van der Waals surface area contributed by atoms with Crippen LogP contribution in [0.2, 0.25) is 0 Å². The van der Waals surface area contributed by atoms with Crippen LogP contribution in [0.5, 0.6) is 0 Å². The van der Waals surface area contributed by atoms with Crippen molar-refractivity contribution < 1.29 is 9.59 Å². The van der Waals surface area contributed by atoms with E-state index in [-0.39, 0.29) is 23.6 Å². The maximum Gasteiger partial charge on any atom is 0.268 e. The van der Waals surface area contributed by atoms with Crippen LogP contribution >= 0.6 is 0 Å². The zero-order chi connectivity index (χ0) is 17.4. The van der Waals surface area contributed by atoms with E-state index in [0.29, 0.717) is 5.56 Å². The first-order valence-corrected chi connectivity index (χ1v) is 8.04. The summed E-state index contributed by atoms with van der Waals surface area (Å²) in [7, 11) is 0. The normalized spacial score (nSPS) is 12.3. The second-order valence-electron chi connectivity index (χ2n) is 5.57. The number of nitrogens with one attached hydrogen (secondary N) is 2. The van der Waals surface area contributed by atoms with E-state index < -0.39 is 0 Å². The van der Waals surface area contributed by atoms with Gasteiger partial charge < -0.3 is 10.6 Å². The molecule has 0 aliphatic rings. The van der Waals surface area contributed by atoms with Crippen molar-refractivity contribution in [2.24, 2.45) is 0 Å². The maximum absolute atomic E-state index is 12.5. The quantitative estimate of drug-likeness (QED) is 0.801. The highest BCUT2D eigenvalue weighted by Crippen LogP contribution is 2.07. The molecule has 124 valence electrons. The van der Waals surface area contributed by atoms with Gasteiger partial charge in [0, 0.05) is 11.6 Å². The van der Waals surface area contributed by atoms with Gasteiger partial charge in [0.05, 0.1) is 0 Å². The van der Waals surface area contributed by atoms with Crippen LogP contribution in [-0.4, -0.2) is 17.9 Å². The van der Waals surface area contributed by atoms with E-state index >= 15 is 0 Å². The van der Waals surface area contributed by atoms with Crippen LogP contribution in [0.15, 0.2) is 66.4 Å². The van der Waals surface area contributed by atoms with Crippen molar-refractivity contribution in [3.63, 3.8) is 0 Å². The molecule has 2 amide bonds. The molecule has 1 atom stereocenters. The standard InChI is InChI=1S/C20H22N2O2/c1-3-15(2)21-20(24)18(14-16-10-6-4-7-11-16)22-19(23)17-12-8-5-9-13-17/h4-15H,3H2,1-2H3,(H,21,24)(H,22,23)/b18-14+. The summed E-state index contributed by atoms with van der Waals surface area (Å²) in [5.74, 6) is -0.602. The molecular formula is C20H22N2O2. The van der Waals surface area contributed by atoms with Crippen molar-refractivity contribution in [2.45, 2.75) is 26.3 Å². The van der Waals surface area contributed by atoms with Gasteiger partial charge in [-0.2, -0.15) is 0 Å². The molecule has 0 bridgehead atoms. The Morgan fingerprint density at radius 3 is 2.17 bits per heavy atom. The predicted molar refractivity (Wildman–Crippen MR) is 96.2 cm³/mol. The monoisotopic (exact) mass is 322 g/mol. The fraction of sp³-hybridized carbons (Fsp3) is 0.200. The molecule has 0 aliphatic carbocycles. The highest BCUT2D eigenvalue weighted by molar-refractivity contribution is 6.05. The topological polar surface area (TPSA) is 58.2 Å². The molecular weight excluding hydrogens is 300 g/mol. The van der Waals surface area contributed by atoms with Gasteiger partial charge in [0.1, 0.15) is 5.70 Å². The van der Waals surface area contributed by atoms with Crippen LogP contribution in [-0.2, 0) is 4.79 Å². The number of hydrogen-bond donors (Lipinski definition) is 2. The molecule has 1 unspecified atom stereocenters. The van der Waals surface area contributed by atoms with Crippen LogP contribution in [0, 0.1) is 0 Å². The average Bonchev–Trinajstić information content (AvgIpc) is 2.62. The molecule has 2 aromatic carbocycles. The van der Waals surface area contributed by atoms with E-state index in [9.17, 15) is 9.59 Å². The Morgan fingerprint density at radius 1 is 1.00 bits per heavy atom. The number of carbonyl (C=O) groups excluding carboxylic acids is 2. The molecule has 0 aliphatic heterocycles. The summed E-state index contributed by atoms with van der Waals surface area (Å²) in [6.45, 7) is 3.92. The third-order valence-electron chi connectivity index (χ3n) is 3.63. The Morgan fingerprint density at radius 2 is 1.58 bits per heavy atom. The minimum absolute atomic E-state index is 0.0327. The molecule has 0 saturated heterocycles. The van der Waals surface area contributed by atoms with Gasteiger partial charge in [0.2, 0.25) is 0 Å². The SMILES string of the molecule is CCC(C)NC(=O)/C(=C\c1ccccc1)NC(=O)c1ccccc1. The van der Waals surface area contributed by atoms with Crippen LogP contribution in [0.4, 0.5) is 0 Å². The second-order valence-corrected chi connectivity index (χ2v) is 5.57. The van der Waals surface area contributed by atoms with Gasteiger partial charge in [-0.15, -0.1) is 0 Å². The first kappa shape index (κ1) is 17.5. The zero-order valence-electron chi connectivity index (χ0n) is 14.0. The summed E-state index contributed by atoms with van der Waals surface area (Å²) in [4.78, 5) is 24.9. The number of carbonyl (C=O) groups is 2. The fourth-order valence-corrected chi connectivity index (χ4v) is 2.06. The molecule has 0 aromatic heterocycles. The number of benzene rings is 2. The van der Waals surface area contributed by atoms with E-state index in [1.165, 1.54) is 0 Å². The Balaban J connectivity index is 2.24. The molecule has 0 radical (unpaired) electrons. The smallest absolute Gasteiger partial charge is 0.268 e. The number of amides is 2. The Kier molecular flexibility index (Phi) is 6.32. The lowest BCUT2D eigenvalue weighted by atomic mass is 10.1. The van der Waals surface area contributed by atoms with Gasteiger partial charge in [0.15, 0.2) is 0 Å². The Bertz CT molecular complexity index is 709. The summed E-state index contributed by atoms with van der Waals surface area (Å²) in [5.41, 5.74) is 1.59. The minimum Gasteiger partial charge on any atom is -0.348 e. The van der Waals surface area contributed by atoms with E-state index in [1.54, 1.807) is 30.3 Å². The molecule has 4 nitrogen and oxygen atoms in total. The minimum atomic E-state index is -0.308. The fourth-order valence-electron chi connectivity index (χ4n) is 2.06. The van der Waals surface area contributed by atoms with Crippen molar-refractivity contribution in [1.82, 2.24) is 10.6 Å². The first-order valence-electron chi connectivity index (χ1n) is 8.04. The van der Waals surface area contributed by atoms with Crippen molar-refractivity contribution in [3.8, 4) is 0 Å². The van der Waals surface area contributed by atoms with Crippen molar-refractivity contribution in [2.75, 3.05) is 0 Å². The Labute approximate surface area is 142 Å². The van der Waals surface area contributed by atoms with E-state index in [0.717, 1.165) is 12.0 Å². The van der Waals surface area contributed by atoms with E-state index in [2.05, 4.69) is 10.6 Å². The highest BCUT2D eigenvalue weighted by atomic mass is 16.2. The van der Waals surface area contributed by atoms with Gasteiger partial charge >= 0.3 is 0 Å². The molecule has 0 fully saturated rings. The summed E-state index contributed by atoms with van der Waals surface area (Å²) >= 11 is 0. The third-order valence-corrected chi connectivity index (χ3v) is 3.63. The van der Waals surface area contributed by atoms with Gasteiger partial charge in [0.25, 0.3) is 11.8 Å².